The summed E-state index contributed by atoms with van der Waals surface area (Å²) >= 11 is 6.18. The number of aromatic nitrogens is 3. The van der Waals surface area contributed by atoms with Gasteiger partial charge in [0.15, 0.2) is 5.65 Å². The normalized spacial score (nSPS) is 24.5. The molecule has 0 radical (unpaired) electrons. The number of piperidine rings is 1. The highest BCUT2D eigenvalue weighted by atomic mass is 35.5. The molecule has 1 aliphatic carbocycles. The standard InChI is InChI=1S/C22H31ClN6O/c23-18-8-9-20-24-25-22(29(20)16-18)28-10-4-5-17(15-28)21(30)27-13-11-26(12-14-27)19-6-2-1-3-7-19/h8-9,16-17,19H,1-7,10-15H2. The van der Waals surface area contributed by atoms with Crippen molar-refractivity contribution in [3.8, 4) is 0 Å². The van der Waals surface area contributed by atoms with Crippen LogP contribution in [0.3, 0.4) is 0 Å². The Morgan fingerprint density at radius 1 is 0.933 bits per heavy atom. The van der Waals surface area contributed by atoms with Crippen molar-refractivity contribution >= 4 is 29.1 Å². The van der Waals surface area contributed by atoms with Gasteiger partial charge in [0.05, 0.1) is 10.9 Å². The highest BCUT2D eigenvalue weighted by Gasteiger charge is 2.33. The maximum absolute atomic E-state index is 13.3. The molecule has 1 unspecified atom stereocenters. The van der Waals surface area contributed by atoms with Crippen molar-refractivity contribution < 1.29 is 4.79 Å². The number of carbonyl (C=O) groups excluding carboxylic acids is 1. The minimum absolute atomic E-state index is 0.0338. The van der Waals surface area contributed by atoms with Gasteiger partial charge in [0, 0.05) is 51.5 Å². The van der Waals surface area contributed by atoms with Gasteiger partial charge in [-0.2, -0.15) is 0 Å². The van der Waals surface area contributed by atoms with Crippen LogP contribution in [0.15, 0.2) is 18.3 Å². The van der Waals surface area contributed by atoms with Crippen LogP contribution in [0.4, 0.5) is 5.95 Å². The average molecular weight is 431 g/mol. The van der Waals surface area contributed by atoms with Crippen LogP contribution in [0.2, 0.25) is 5.02 Å². The number of hydrogen-bond acceptors (Lipinski definition) is 5. The number of anilines is 1. The first kappa shape index (κ1) is 20.1. The van der Waals surface area contributed by atoms with Crippen LogP contribution in [0.1, 0.15) is 44.9 Å². The Hall–Kier alpha value is -1.86. The van der Waals surface area contributed by atoms with Crippen LogP contribution in [0.25, 0.3) is 5.65 Å². The largest absolute Gasteiger partial charge is 0.340 e. The average Bonchev–Trinajstić information content (AvgIpc) is 3.22. The molecule has 1 amide bonds. The van der Waals surface area contributed by atoms with Crippen molar-refractivity contribution in [2.24, 2.45) is 5.92 Å². The molecule has 7 nitrogen and oxygen atoms in total. The van der Waals surface area contributed by atoms with E-state index in [4.69, 9.17) is 11.6 Å². The third kappa shape index (κ3) is 4.02. The SMILES string of the molecule is O=C(C1CCCN(c2nnc3ccc(Cl)cn23)C1)N1CCN(C2CCCCC2)CC1. The predicted octanol–water partition coefficient (Wildman–Crippen LogP) is 3.08. The summed E-state index contributed by atoms with van der Waals surface area (Å²) in [5, 5.41) is 9.29. The van der Waals surface area contributed by atoms with Crippen molar-refractivity contribution in [1.29, 1.82) is 0 Å². The van der Waals surface area contributed by atoms with Gasteiger partial charge in [-0.1, -0.05) is 30.9 Å². The zero-order chi connectivity index (χ0) is 20.5. The number of hydrogen-bond donors (Lipinski definition) is 0. The van der Waals surface area contributed by atoms with Gasteiger partial charge < -0.3 is 9.80 Å². The summed E-state index contributed by atoms with van der Waals surface area (Å²) in [5.41, 5.74) is 0.779. The molecule has 4 heterocycles. The third-order valence-electron chi connectivity index (χ3n) is 7.12. The molecule has 30 heavy (non-hydrogen) atoms. The Bertz CT molecular complexity index is 887. The Morgan fingerprint density at radius 2 is 1.73 bits per heavy atom. The predicted molar refractivity (Wildman–Crippen MR) is 118 cm³/mol. The number of piperazine rings is 1. The number of nitrogens with zero attached hydrogens (tertiary/aromatic N) is 6. The number of rotatable bonds is 3. The molecule has 5 rings (SSSR count). The lowest BCUT2D eigenvalue weighted by Gasteiger charge is -2.42. The van der Waals surface area contributed by atoms with Gasteiger partial charge in [0.2, 0.25) is 11.9 Å². The quantitative estimate of drug-likeness (QED) is 0.749. The smallest absolute Gasteiger partial charge is 0.231 e. The minimum atomic E-state index is 0.0338. The van der Waals surface area contributed by atoms with Crippen LogP contribution in [-0.2, 0) is 4.79 Å². The molecule has 2 saturated heterocycles. The molecule has 8 heteroatoms. The van der Waals surface area contributed by atoms with E-state index in [1.54, 1.807) is 0 Å². The van der Waals surface area contributed by atoms with Crippen LogP contribution < -0.4 is 4.90 Å². The highest BCUT2D eigenvalue weighted by molar-refractivity contribution is 6.30. The first-order chi connectivity index (χ1) is 14.7. The lowest BCUT2D eigenvalue weighted by molar-refractivity contribution is -0.138. The van der Waals surface area contributed by atoms with Crippen LogP contribution >= 0.6 is 11.6 Å². The number of pyridine rings is 1. The lowest BCUT2D eigenvalue weighted by Crippen LogP contribution is -2.55. The molecular formula is C22H31ClN6O. The first-order valence-electron chi connectivity index (χ1n) is 11.5. The number of amides is 1. The second-order valence-corrected chi connectivity index (χ2v) is 9.45. The monoisotopic (exact) mass is 430 g/mol. The van der Waals surface area contributed by atoms with E-state index in [2.05, 4.69) is 24.9 Å². The first-order valence-corrected chi connectivity index (χ1v) is 11.8. The van der Waals surface area contributed by atoms with E-state index in [1.807, 2.05) is 22.7 Å². The van der Waals surface area contributed by atoms with Gasteiger partial charge in [0.25, 0.3) is 0 Å². The molecule has 0 aromatic carbocycles. The Kier molecular flexibility index (Phi) is 5.83. The zero-order valence-electron chi connectivity index (χ0n) is 17.5. The van der Waals surface area contributed by atoms with E-state index in [1.165, 1.54) is 32.1 Å². The molecule has 3 fully saturated rings. The van der Waals surface area contributed by atoms with Crippen molar-refractivity contribution in [1.82, 2.24) is 24.4 Å². The van der Waals surface area contributed by atoms with Gasteiger partial charge in [-0.25, -0.2) is 0 Å². The summed E-state index contributed by atoms with van der Waals surface area (Å²) in [6.07, 6.45) is 10.6. The Labute approximate surface area is 183 Å². The second kappa shape index (κ2) is 8.71. The summed E-state index contributed by atoms with van der Waals surface area (Å²) in [6.45, 7) is 5.40. The zero-order valence-corrected chi connectivity index (χ0v) is 18.3. The molecule has 1 saturated carbocycles. The van der Waals surface area contributed by atoms with E-state index in [-0.39, 0.29) is 5.92 Å². The fourth-order valence-corrected chi connectivity index (χ4v) is 5.60. The molecule has 2 aliphatic heterocycles. The molecule has 0 spiro atoms. The van der Waals surface area contributed by atoms with Gasteiger partial charge in [0.1, 0.15) is 0 Å². The fourth-order valence-electron chi connectivity index (χ4n) is 5.44. The van der Waals surface area contributed by atoms with Crippen molar-refractivity contribution in [2.75, 3.05) is 44.2 Å². The maximum Gasteiger partial charge on any atom is 0.231 e. The second-order valence-electron chi connectivity index (χ2n) is 9.01. The number of carbonyl (C=O) groups is 1. The minimum Gasteiger partial charge on any atom is -0.340 e. The van der Waals surface area contributed by atoms with Gasteiger partial charge in [-0.15, -0.1) is 10.2 Å². The molecule has 2 aromatic heterocycles. The van der Waals surface area contributed by atoms with Crippen molar-refractivity contribution in [3.63, 3.8) is 0 Å². The summed E-state index contributed by atoms with van der Waals surface area (Å²) in [4.78, 5) is 20.2. The maximum atomic E-state index is 13.3. The van der Waals surface area contributed by atoms with Crippen molar-refractivity contribution in [3.05, 3.63) is 23.4 Å². The lowest BCUT2D eigenvalue weighted by atomic mass is 9.93. The Balaban J connectivity index is 1.21. The van der Waals surface area contributed by atoms with E-state index in [0.29, 0.717) is 17.5 Å². The fraction of sp³-hybridized carbons (Fsp3) is 0.682. The van der Waals surface area contributed by atoms with Crippen LogP contribution in [-0.4, -0.2) is 75.6 Å². The summed E-state index contributed by atoms with van der Waals surface area (Å²) in [6, 6.07) is 4.44. The van der Waals surface area contributed by atoms with Crippen LogP contribution in [0, 0.1) is 5.92 Å². The van der Waals surface area contributed by atoms with Gasteiger partial charge >= 0.3 is 0 Å². The van der Waals surface area contributed by atoms with E-state index < -0.39 is 0 Å². The molecule has 1 atom stereocenters. The Morgan fingerprint density at radius 3 is 2.53 bits per heavy atom. The van der Waals surface area contributed by atoms with E-state index in [9.17, 15) is 4.79 Å². The van der Waals surface area contributed by atoms with Crippen LogP contribution in [0.5, 0.6) is 0 Å². The number of halogens is 1. The van der Waals surface area contributed by atoms with Crippen molar-refractivity contribution in [2.45, 2.75) is 51.0 Å². The molecule has 0 N–H and O–H groups in total. The van der Waals surface area contributed by atoms with E-state index >= 15 is 0 Å². The molecule has 0 bridgehead atoms. The van der Waals surface area contributed by atoms with Gasteiger partial charge in [-0.05, 0) is 37.8 Å². The highest BCUT2D eigenvalue weighted by Crippen LogP contribution is 2.27. The summed E-state index contributed by atoms with van der Waals surface area (Å²) in [7, 11) is 0. The summed E-state index contributed by atoms with van der Waals surface area (Å²) in [5.74, 6) is 1.13. The summed E-state index contributed by atoms with van der Waals surface area (Å²) < 4.78 is 1.93. The third-order valence-corrected chi connectivity index (χ3v) is 7.34. The molecule has 162 valence electrons. The van der Waals surface area contributed by atoms with E-state index in [0.717, 1.165) is 63.2 Å². The topological polar surface area (TPSA) is 57.0 Å². The number of fused-ring (bicyclic) bond motifs is 1. The van der Waals surface area contributed by atoms with Gasteiger partial charge in [-0.3, -0.25) is 14.1 Å². The molecule has 2 aromatic rings. The molecular weight excluding hydrogens is 400 g/mol. The molecule has 3 aliphatic rings.